The molecule has 0 spiro atoms. The van der Waals surface area contributed by atoms with Crippen LogP contribution in [0.2, 0.25) is 0 Å². The molecule has 3 rings (SSSR count). The molecular weight excluding hydrogens is 244 g/mol. The first-order valence-corrected chi connectivity index (χ1v) is 7.70. The van der Waals surface area contributed by atoms with Crippen LogP contribution in [0.4, 0.5) is 0 Å². The molecule has 0 aromatic heterocycles. The summed E-state index contributed by atoms with van der Waals surface area (Å²) in [5.41, 5.74) is 9.27. The number of terminal acetylenes is 1. The maximum absolute atomic E-state index is 6.24. The van der Waals surface area contributed by atoms with Crippen LogP contribution in [0.5, 0.6) is 0 Å². The number of hydrogen-bond donors (Lipinski definition) is 2. The van der Waals surface area contributed by atoms with Crippen molar-refractivity contribution in [1.29, 1.82) is 0 Å². The fourth-order valence-corrected chi connectivity index (χ4v) is 4.38. The lowest BCUT2D eigenvalue weighted by molar-refractivity contribution is 0.187. The molecule has 2 aliphatic rings. The van der Waals surface area contributed by atoms with E-state index in [0.717, 1.165) is 12.8 Å². The maximum Gasteiger partial charge on any atom is 0.0663 e. The Morgan fingerprint density at radius 1 is 1.30 bits per heavy atom. The Balaban J connectivity index is 1.97. The number of nitrogens with one attached hydrogen (secondary N) is 1. The minimum absolute atomic E-state index is 0.0187. The third-order valence-corrected chi connectivity index (χ3v) is 5.44. The van der Waals surface area contributed by atoms with E-state index in [4.69, 9.17) is 12.2 Å². The quantitative estimate of drug-likeness (QED) is 0.824. The summed E-state index contributed by atoms with van der Waals surface area (Å²) in [4.78, 5) is 0. The van der Waals surface area contributed by atoms with Crippen molar-refractivity contribution >= 4 is 0 Å². The number of benzene rings is 1. The zero-order chi connectivity index (χ0) is 14.2. The van der Waals surface area contributed by atoms with E-state index in [1.807, 2.05) is 0 Å². The largest absolute Gasteiger partial charge is 0.329 e. The summed E-state index contributed by atoms with van der Waals surface area (Å²) in [5.74, 6) is 4.03. The van der Waals surface area contributed by atoms with Gasteiger partial charge in [0.1, 0.15) is 0 Å². The van der Waals surface area contributed by atoms with E-state index in [1.165, 1.54) is 24.0 Å². The van der Waals surface area contributed by atoms with Gasteiger partial charge in [0.2, 0.25) is 0 Å². The van der Waals surface area contributed by atoms with Crippen molar-refractivity contribution in [2.45, 2.75) is 44.2 Å². The average molecular weight is 268 g/mol. The second kappa shape index (κ2) is 5.24. The highest BCUT2D eigenvalue weighted by Crippen LogP contribution is 2.46. The summed E-state index contributed by atoms with van der Waals surface area (Å²) >= 11 is 0. The van der Waals surface area contributed by atoms with Gasteiger partial charge in [0.15, 0.2) is 0 Å². The minimum atomic E-state index is 0.0187. The molecule has 1 aromatic rings. The van der Waals surface area contributed by atoms with Crippen LogP contribution >= 0.6 is 0 Å². The van der Waals surface area contributed by atoms with Crippen LogP contribution in [0.3, 0.4) is 0 Å². The first-order valence-electron chi connectivity index (χ1n) is 7.70. The van der Waals surface area contributed by atoms with E-state index in [-0.39, 0.29) is 11.6 Å². The van der Waals surface area contributed by atoms with Crippen molar-refractivity contribution in [1.82, 2.24) is 5.32 Å². The van der Waals surface area contributed by atoms with Gasteiger partial charge in [0.05, 0.1) is 6.04 Å². The Labute approximate surface area is 122 Å². The lowest BCUT2D eigenvalue weighted by Gasteiger charge is -2.40. The molecule has 1 aromatic carbocycles. The van der Waals surface area contributed by atoms with Gasteiger partial charge in [-0.25, -0.2) is 0 Å². The van der Waals surface area contributed by atoms with Crippen LogP contribution in [0.1, 0.15) is 30.9 Å². The lowest BCUT2D eigenvalue weighted by Crippen LogP contribution is -2.60. The van der Waals surface area contributed by atoms with Crippen LogP contribution in [0, 0.1) is 24.2 Å². The fourth-order valence-electron chi connectivity index (χ4n) is 4.38. The third kappa shape index (κ3) is 2.06. The predicted octanol–water partition coefficient (Wildman–Crippen LogP) is 2.12. The highest BCUT2D eigenvalue weighted by Gasteiger charge is 2.50. The van der Waals surface area contributed by atoms with E-state index >= 15 is 0 Å². The molecule has 0 aliphatic heterocycles. The molecule has 2 heteroatoms. The van der Waals surface area contributed by atoms with Crippen molar-refractivity contribution in [3.63, 3.8) is 0 Å². The Kier molecular flexibility index (Phi) is 3.58. The van der Waals surface area contributed by atoms with Crippen molar-refractivity contribution in [3.8, 4) is 12.3 Å². The number of fused-ring (bicyclic) bond motifs is 3. The zero-order valence-electron chi connectivity index (χ0n) is 12.2. The summed E-state index contributed by atoms with van der Waals surface area (Å²) in [6, 6.07) is 8.95. The molecule has 20 heavy (non-hydrogen) atoms. The third-order valence-electron chi connectivity index (χ3n) is 5.44. The van der Waals surface area contributed by atoms with Gasteiger partial charge in [0, 0.05) is 12.1 Å². The smallest absolute Gasteiger partial charge is 0.0663 e. The van der Waals surface area contributed by atoms with Crippen molar-refractivity contribution in [2.75, 3.05) is 6.54 Å². The van der Waals surface area contributed by atoms with Crippen LogP contribution < -0.4 is 11.1 Å². The molecule has 0 saturated heterocycles. The standard InChI is InChI=1S/C18H24N2/c1-3-13(2)20-18(12-19)16-8-9-17(18)11-15-7-5-4-6-14(15)10-16/h1,4-7,13,16-17,20H,8-12,19H2,2H3. The van der Waals surface area contributed by atoms with Gasteiger partial charge in [-0.3, -0.25) is 5.32 Å². The molecule has 0 heterocycles. The monoisotopic (exact) mass is 268 g/mol. The molecule has 1 saturated carbocycles. The Bertz CT molecular complexity index is 495. The number of nitrogens with two attached hydrogens (primary N) is 1. The number of hydrogen-bond acceptors (Lipinski definition) is 2. The normalized spacial score (nSPS) is 33.0. The van der Waals surface area contributed by atoms with E-state index in [0.29, 0.717) is 18.4 Å². The Hall–Kier alpha value is -1.30. The van der Waals surface area contributed by atoms with Crippen LogP contribution in [0.15, 0.2) is 24.3 Å². The van der Waals surface area contributed by atoms with Gasteiger partial charge >= 0.3 is 0 Å². The van der Waals surface area contributed by atoms with E-state index < -0.39 is 0 Å². The van der Waals surface area contributed by atoms with E-state index in [9.17, 15) is 0 Å². The molecule has 2 bridgehead atoms. The van der Waals surface area contributed by atoms with E-state index in [2.05, 4.69) is 42.4 Å². The predicted molar refractivity (Wildman–Crippen MR) is 83.3 cm³/mol. The molecule has 2 aliphatic carbocycles. The van der Waals surface area contributed by atoms with Crippen LogP contribution in [0.25, 0.3) is 0 Å². The Morgan fingerprint density at radius 2 is 1.85 bits per heavy atom. The number of rotatable bonds is 3. The summed E-state index contributed by atoms with van der Waals surface area (Å²) in [6.45, 7) is 2.75. The highest BCUT2D eigenvalue weighted by molar-refractivity contribution is 5.32. The molecular formula is C18H24N2. The molecule has 3 unspecified atom stereocenters. The molecule has 3 N–H and O–H groups in total. The van der Waals surface area contributed by atoms with Gasteiger partial charge in [-0.1, -0.05) is 30.2 Å². The highest BCUT2D eigenvalue weighted by atomic mass is 15.1. The average Bonchev–Trinajstić information content (AvgIpc) is 2.70. The lowest BCUT2D eigenvalue weighted by atomic mass is 9.78. The van der Waals surface area contributed by atoms with Gasteiger partial charge in [0.25, 0.3) is 0 Å². The van der Waals surface area contributed by atoms with Crippen LogP contribution in [-0.2, 0) is 12.8 Å². The van der Waals surface area contributed by atoms with E-state index in [1.54, 1.807) is 0 Å². The minimum Gasteiger partial charge on any atom is -0.329 e. The molecule has 1 fully saturated rings. The second-order valence-electron chi connectivity index (χ2n) is 6.43. The zero-order valence-corrected chi connectivity index (χ0v) is 12.2. The maximum atomic E-state index is 6.24. The molecule has 0 radical (unpaired) electrons. The van der Waals surface area contributed by atoms with Gasteiger partial charge in [-0.15, -0.1) is 6.42 Å². The van der Waals surface area contributed by atoms with Crippen molar-refractivity contribution in [3.05, 3.63) is 35.4 Å². The second-order valence-corrected chi connectivity index (χ2v) is 6.43. The fraction of sp³-hybridized carbons (Fsp3) is 0.556. The summed E-state index contributed by atoms with van der Waals surface area (Å²) < 4.78 is 0. The topological polar surface area (TPSA) is 38.0 Å². The van der Waals surface area contributed by atoms with Gasteiger partial charge in [-0.2, -0.15) is 0 Å². The molecule has 3 atom stereocenters. The first kappa shape index (κ1) is 13.7. The van der Waals surface area contributed by atoms with Gasteiger partial charge < -0.3 is 5.73 Å². The summed E-state index contributed by atoms with van der Waals surface area (Å²) in [7, 11) is 0. The van der Waals surface area contributed by atoms with Crippen molar-refractivity contribution in [2.24, 2.45) is 17.6 Å². The molecule has 0 amide bonds. The molecule has 106 valence electrons. The Morgan fingerprint density at radius 3 is 2.30 bits per heavy atom. The summed E-state index contributed by atoms with van der Waals surface area (Å²) in [6.07, 6.45) is 10.4. The van der Waals surface area contributed by atoms with Crippen LogP contribution in [-0.4, -0.2) is 18.1 Å². The summed E-state index contributed by atoms with van der Waals surface area (Å²) in [5, 5.41) is 3.71. The molecule has 2 nitrogen and oxygen atoms in total. The van der Waals surface area contributed by atoms with Gasteiger partial charge in [-0.05, 0) is 55.6 Å². The first-order chi connectivity index (χ1) is 9.69. The van der Waals surface area contributed by atoms with Crippen molar-refractivity contribution < 1.29 is 0 Å². The SMILES string of the molecule is C#CC(C)NC1(CN)C2CCC1Cc1ccccc1C2.